The minimum absolute atomic E-state index is 0.206. The van der Waals surface area contributed by atoms with Crippen LogP contribution in [0.2, 0.25) is 0 Å². The standard InChI is InChI=1S/C18H24N4O4/c1-23-16-6-12(7-17(24-2)18(16)25-3)9-21-5-4-15-14(10-21)22-13(11-26-15)8-19-20-22/h6-8,14-15H,4-5,9-11H2,1-3H3. The quantitative estimate of drug-likeness (QED) is 0.803. The highest BCUT2D eigenvalue weighted by atomic mass is 16.5. The number of nitrogens with zero attached hydrogens (tertiary/aromatic N) is 4. The van der Waals surface area contributed by atoms with Gasteiger partial charge in [-0.05, 0) is 24.1 Å². The third kappa shape index (κ3) is 2.99. The molecule has 0 aliphatic carbocycles. The monoisotopic (exact) mass is 360 g/mol. The van der Waals surface area contributed by atoms with Gasteiger partial charge in [-0.2, -0.15) is 0 Å². The molecule has 8 nitrogen and oxygen atoms in total. The summed E-state index contributed by atoms with van der Waals surface area (Å²) < 4.78 is 24.3. The third-order valence-electron chi connectivity index (χ3n) is 5.14. The molecule has 1 aromatic heterocycles. The Morgan fingerprint density at radius 1 is 1.15 bits per heavy atom. The molecule has 0 N–H and O–H groups in total. The summed E-state index contributed by atoms with van der Waals surface area (Å²) in [6.45, 7) is 3.24. The first kappa shape index (κ1) is 17.1. The molecule has 4 rings (SSSR count). The first-order valence-electron chi connectivity index (χ1n) is 8.75. The number of hydrogen-bond acceptors (Lipinski definition) is 7. The van der Waals surface area contributed by atoms with Gasteiger partial charge in [-0.1, -0.05) is 5.21 Å². The molecule has 2 unspecified atom stereocenters. The molecule has 0 radical (unpaired) electrons. The van der Waals surface area contributed by atoms with Gasteiger partial charge < -0.3 is 18.9 Å². The topological polar surface area (TPSA) is 70.9 Å². The Morgan fingerprint density at radius 3 is 2.62 bits per heavy atom. The molecule has 26 heavy (non-hydrogen) atoms. The van der Waals surface area contributed by atoms with E-state index >= 15 is 0 Å². The maximum Gasteiger partial charge on any atom is 0.203 e. The van der Waals surface area contributed by atoms with Crippen LogP contribution in [0.3, 0.4) is 0 Å². The van der Waals surface area contributed by atoms with Crippen LogP contribution in [0.5, 0.6) is 17.2 Å². The van der Waals surface area contributed by atoms with Crippen LogP contribution in [0.1, 0.15) is 23.7 Å². The van der Waals surface area contributed by atoms with E-state index in [0.717, 1.165) is 37.3 Å². The van der Waals surface area contributed by atoms with Crippen LogP contribution in [-0.2, 0) is 17.9 Å². The molecule has 0 spiro atoms. The molecule has 2 aliphatic heterocycles. The second-order valence-corrected chi connectivity index (χ2v) is 6.64. The van der Waals surface area contributed by atoms with E-state index in [9.17, 15) is 0 Å². The Balaban J connectivity index is 1.54. The number of hydrogen-bond donors (Lipinski definition) is 0. The van der Waals surface area contributed by atoms with E-state index in [1.807, 2.05) is 16.8 Å². The Hall–Kier alpha value is -2.32. The average Bonchev–Trinajstić information content (AvgIpc) is 3.16. The molecule has 0 bridgehead atoms. The van der Waals surface area contributed by atoms with E-state index in [0.29, 0.717) is 23.9 Å². The van der Waals surface area contributed by atoms with Crippen molar-refractivity contribution in [2.75, 3.05) is 34.4 Å². The van der Waals surface area contributed by atoms with Gasteiger partial charge >= 0.3 is 0 Å². The molecule has 0 saturated carbocycles. The first-order valence-corrected chi connectivity index (χ1v) is 8.75. The van der Waals surface area contributed by atoms with Gasteiger partial charge in [0, 0.05) is 19.6 Å². The second-order valence-electron chi connectivity index (χ2n) is 6.64. The van der Waals surface area contributed by atoms with Crippen LogP contribution >= 0.6 is 0 Å². The molecule has 3 heterocycles. The van der Waals surface area contributed by atoms with Gasteiger partial charge in [-0.25, -0.2) is 4.68 Å². The highest BCUT2D eigenvalue weighted by Gasteiger charge is 2.36. The normalized spacial score (nSPS) is 22.4. The Morgan fingerprint density at radius 2 is 1.92 bits per heavy atom. The van der Waals surface area contributed by atoms with Crippen molar-refractivity contribution in [2.24, 2.45) is 0 Å². The summed E-state index contributed by atoms with van der Waals surface area (Å²) >= 11 is 0. The second kappa shape index (κ2) is 7.13. The number of fused-ring (bicyclic) bond motifs is 3. The van der Waals surface area contributed by atoms with Gasteiger partial charge in [-0.15, -0.1) is 5.10 Å². The molecule has 140 valence electrons. The van der Waals surface area contributed by atoms with Crippen LogP contribution < -0.4 is 14.2 Å². The lowest BCUT2D eigenvalue weighted by atomic mass is 9.99. The zero-order valence-corrected chi connectivity index (χ0v) is 15.3. The smallest absolute Gasteiger partial charge is 0.203 e. The summed E-state index contributed by atoms with van der Waals surface area (Å²) in [5.41, 5.74) is 2.16. The van der Waals surface area contributed by atoms with Crippen molar-refractivity contribution in [1.82, 2.24) is 19.9 Å². The first-order chi connectivity index (χ1) is 12.7. The van der Waals surface area contributed by atoms with Crippen molar-refractivity contribution in [3.05, 3.63) is 29.6 Å². The van der Waals surface area contributed by atoms with Crippen LogP contribution in [-0.4, -0.2) is 60.4 Å². The highest BCUT2D eigenvalue weighted by molar-refractivity contribution is 5.53. The van der Waals surface area contributed by atoms with Crippen molar-refractivity contribution in [3.8, 4) is 17.2 Å². The van der Waals surface area contributed by atoms with Crippen molar-refractivity contribution in [3.63, 3.8) is 0 Å². The maximum absolute atomic E-state index is 5.98. The summed E-state index contributed by atoms with van der Waals surface area (Å²) in [6, 6.07) is 4.22. The van der Waals surface area contributed by atoms with Crippen LogP contribution in [0.15, 0.2) is 18.3 Å². The van der Waals surface area contributed by atoms with Crippen molar-refractivity contribution >= 4 is 0 Å². The van der Waals surface area contributed by atoms with Crippen LogP contribution in [0.4, 0.5) is 0 Å². The van der Waals surface area contributed by atoms with Crippen LogP contribution in [0, 0.1) is 0 Å². The van der Waals surface area contributed by atoms with Crippen molar-refractivity contribution < 1.29 is 18.9 Å². The van der Waals surface area contributed by atoms with Gasteiger partial charge in [0.1, 0.15) is 0 Å². The van der Waals surface area contributed by atoms with E-state index in [2.05, 4.69) is 15.2 Å². The van der Waals surface area contributed by atoms with E-state index in [1.54, 1.807) is 27.5 Å². The lowest BCUT2D eigenvalue weighted by Gasteiger charge is -2.41. The minimum atomic E-state index is 0.206. The molecule has 2 aromatic rings. The number of aromatic nitrogens is 3. The number of likely N-dealkylation sites (tertiary alicyclic amines) is 1. The minimum Gasteiger partial charge on any atom is -0.493 e. The number of rotatable bonds is 5. The molecule has 1 aromatic carbocycles. The largest absolute Gasteiger partial charge is 0.493 e. The van der Waals surface area contributed by atoms with Gasteiger partial charge in [0.15, 0.2) is 11.5 Å². The summed E-state index contributed by atoms with van der Waals surface area (Å²) in [7, 11) is 4.89. The maximum atomic E-state index is 5.98. The van der Waals surface area contributed by atoms with Crippen molar-refractivity contribution in [2.45, 2.75) is 31.7 Å². The predicted octanol–water partition coefficient (Wildman–Crippen LogP) is 1.65. The molecule has 2 atom stereocenters. The SMILES string of the molecule is COc1cc(CN2CCC3OCc4cnnn4C3C2)cc(OC)c1OC. The van der Waals surface area contributed by atoms with E-state index < -0.39 is 0 Å². The van der Waals surface area contributed by atoms with Gasteiger partial charge in [-0.3, -0.25) is 4.90 Å². The summed E-state index contributed by atoms with van der Waals surface area (Å²) in [6.07, 6.45) is 2.98. The fraction of sp³-hybridized carbons (Fsp3) is 0.556. The lowest BCUT2D eigenvalue weighted by Crippen LogP contribution is -2.47. The fourth-order valence-corrected chi connectivity index (χ4v) is 3.87. The number of methoxy groups -OCH3 is 3. The van der Waals surface area contributed by atoms with E-state index in [4.69, 9.17) is 18.9 Å². The Bertz CT molecular complexity index is 753. The zero-order valence-electron chi connectivity index (χ0n) is 15.3. The fourth-order valence-electron chi connectivity index (χ4n) is 3.87. The van der Waals surface area contributed by atoms with Gasteiger partial charge in [0.25, 0.3) is 0 Å². The van der Waals surface area contributed by atoms with Crippen molar-refractivity contribution in [1.29, 1.82) is 0 Å². The number of ether oxygens (including phenoxy) is 4. The molecular weight excluding hydrogens is 336 g/mol. The Labute approximate surface area is 152 Å². The molecule has 0 amide bonds. The number of piperidine rings is 1. The molecule has 1 saturated heterocycles. The van der Waals surface area contributed by atoms with E-state index in [1.165, 1.54) is 0 Å². The average molecular weight is 360 g/mol. The molecule has 1 fully saturated rings. The number of benzene rings is 1. The van der Waals surface area contributed by atoms with Crippen LogP contribution in [0.25, 0.3) is 0 Å². The molecule has 8 heteroatoms. The summed E-state index contributed by atoms with van der Waals surface area (Å²) in [5.74, 6) is 1.97. The molecule has 2 aliphatic rings. The van der Waals surface area contributed by atoms with Gasteiger partial charge in [0.05, 0.1) is 52.0 Å². The molecular formula is C18H24N4O4. The third-order valence-corrected chi connectivity index (χ3v) is 5.14. The Kier molecular flexibility index (Phi) is 4.69. The van der Waals surface area contributed by atoms with E-state index in [-0.39, 0.29) is 12.1 Å². The van der Waals surface area contributed by atoms with Gasteiger partial charge in [0.2, 0.25) is 5.75 Å². The summed E-state index contributed by atoms with van der Waals surface area (Å²) in [5, 5.41) is 8.30. The lowest BCUT2D eigenvalue weighted by molar-refractivity contribution is -0.0669. The zero-order chi connectivity index (χ0) is 18.1. The highest BCUT2D eigenvalue weighted by Crippen LogP contribution is 2.39. The summed E-state index contributed by atoms with van der Waals surface area (Å²) in [4.78, 5) is 2.40. The predicted molar refractivity (Wildman–Crippen MR) is 93.6 cm³/mol.